The molecule has 1 N–H and O–H groups in total. The Labute approximate surface area is 136 Å². The van der Waals surface area contributed by atoms with Crippen molar-refractivity contribution in [2.75, 3.05) is 39.3 Å². The lowest BCUT2D eigenvalue weighted by atomic mass is 10.2. The Morgan fingerprint density at radius 1 is 1.13 bits per heavy atom. The molecule has 1 aromatic heterocycles. The van der Waals surface area contributed by atoms with Crippen LogP contribution in [0.15, 0.2) is 34.9 Å². The van der Waals surface area contributed by atoms with E-state index >= 15 is 0 Å². The minimum absolute atomic E-state index is 0.608. The van der Waals surface area contributed by atoms with E-state index < -0.39 is 0 Å². The van der Waals surface area contributed by atoms with Crippen LogP contribution in [0.25, 0.3) is 11.5 Å². The van der Waals surface area contributed by atoms with Crippen molar-refractivity contribution in [1.29, 1.82) is 0 Å². The zero-order valence-corrected chi connectivity index (χ0v) is 13.3. The van der Waals surface area contributed by atoms with E-state index in [2.05, 4.69) is 25.3 Å². The summed E-state index contributed by atoms with van der Waals surface area (Å²) in [7, 11) is 0. The van der Waals surface area contributed by atoms with Crippen molar-refractivity contribution in [1.82, 2.24) is 25.3 Å². The molecule has 0 amide bonds. The van der Waals surface area contributed by atoms with Crippen LogP contribution in [0, 0.1) is 0 Å². The van der Waals surface area contributed by atoms with Gasteiger partial charge in [0.1, 0.15) is 0 Å². The Bertz CT molecular complexity index is 615. The van der Waals surface area contributed by atoms with Crippen molar-refractivity contribution in [2.45, 2.75) is 19.0 Å². The first-order valence-electron chi connectivity index (χ1n) is 8.43. The summed E-state index contributed by atoms with van der Waals surface area (Å²) in [5.41, 5.74) is 0.977. The minimum atomic E-state index is 0.608. The number of nitrogens with zero attached hydrogens (tertiary/aromatic N) is 4. The summed E-state index contributed by atoms with van der Waals surface area (Å²) in [4.78, 5) is 9.56. The molecule has 1 unspecified atom stereocenters. The highest BCUT2D eigenvalue weighted by molar-refractivity contribution is 5.51. The monoisotopic (exact) mass is 313 g/mol. The highest BCUT2D eigenvalue weighted by atomic mass is 16.5. The third kappa shape index (κ3) is 3.44. The lowest BCUT2D eigenvalue weighted by Gasteiger charge is -2.37. The van der Waals surface area contributed by atoms with Crippen LogP contribution in [0.2, 0.25) is 0 Å². The van der Waals surface area contributed by atoms with Gasteiger partial charge in [-0.25, -0.2) is 0 Å². The maximum atomic E-state index is 5.39. The van der Waals surface area contributed by atoms with Crippen molar-refractivity contribution in [3.63, 3.8) is 0 Å². The molecule has 2 fully saturated rings. The van der Waals surface area contributed by atoms with Gasteiger partial charge in [0, 0.05) is 44.3 Å². The summed E-state index contributed by atoms with van der Waals surface area (Å²) >= 11 is 0. The van der Waals surface area contributed by atoms with Crippen LogP contribution in [-0.2, 0) is 6.54 Å². The van der Waals surface area contributed by atoms with E-state index in [4.69, 9.17) is 4.52 Å². The maximum absolute atomic E-state index is 5.39. The molecule has 0 aliphatic carbocycles. The number of aromatic nitrogens is 2. The smallest absolute Gasteiger partial charge is 0.257 e. The van der Waals surface area contributed by atoms with Gasteiger partial charge in [-0.15, -0.1) is 0 Å². The topological polar surface area (TPSA) is 57.4 Å². The van der Waals surface area contributed by atoms with Gasteiger partial charge in [-0.05, 0) is 25.1 Å². The van der Waals surface area contributed by atoms with Crippen LogP contribution in [0.1, 0.15) is 12.2 Å². The molecule has 2 aliphatic rings. The molecule has 6 nitrogen and oxygen atoms in total. The third-order valence-corrected chi connectivity index (χ3v) is 4.81. The Morgan fingerprint density at radius 2 is 1.96 bits per heavy atom. The second-order valence-corrected chi connectivity index (χ2v) is 6.34. The highest BCUT2D eigenvalue weighted by Gasteiger charge is 2.26. The zero-order valence-electron chi connectivity index (χ0n) is 13.3. The fourth-order valence-corrected chi connectivity index (χ4v) is 3.45. The molecule has 2 aliphatic heterocycles. The van der Waals surface area contributed by atoms with Gasteiger partial charge in [0.25, 0.3) is 5.89 Å². The number of piperazine rings is 1. The predicted molar refractivity (Wildman–Crippen MR) is 87.9 cm³/mol. The van der Waals surface area contributed by atoms with Gasteiger partial charge in [-0.2, -0.15) is 4.98 Å². The lowest BCUT2D eigenvalue weighted by molar-refractivity contribution is 0.0959. The Balaban J connectivity index is 1.32. The summed E-state index contributed by atoms with van der Waals surface area (Å²) in [5.74, 6) is 1.39. The van der Waals surface area contributed by atoms with E-state index in [9.17, 15) is 0 Å². The molecule has 122 valence electrons. The predicted octanol–water partition coefficient (Wildman–Crippen LogP) is 1.22. The Hall–Kier alpha value is -1.76. The van der Waals surface area contributed by atoms with Crippen LogP contribution >= 0.6 is 0 Å². The second kappa shape index (κ2) is 6.78. The molecule has 0 saturated carbocycles. The van der Waals surface area contributed by atoms with Crippen LogP contribution in [0.3, 0.4) is 0 Å². The molecule has 1 atom stereocenters. The van der Waals surface area contributed by atoms with Crippen molar-refractivity contribution in [3.05, 3.63) is 36.2 Å². The van der Waals surface area contributed by atoms with Gasteiger partial charge in [0.15, 0.2) is 5.82 Å². The second-order valence-electron chi connectivity index (χ2n) is 6.34. The first-order valence-corrected chi connectivity index (χ1v) is 8.43. The standard InChI is InChI=1S/C17H23N5O/c1-2-4-14(5-3-1)17-19-16(20-23-17)13-21-8-10-22(11-9-21)15-6-7-18-12-15/h1-5,15,18H,6-13H2. The molecular weight excluding hydrogens is 290 g/mol. The Kier molecular flexibility index (Phi) is 4.37. The SMILES string of the molecule is c1ccc(-c2nc(CN3CCN(C4CCNC4)CC3)no2)cc1. The number of nitrogens with one attached hydrogen (secondary N) is 1. The maximum Gasteiger partial charge on any atom is 0.257 e. The van der Waals surface area contributed by atoms with Crippen LogP contribution in [0.5, 0.6) is 0 Å². The summed E-state index contributed by atoms with van der Waals surface area (Å²) in [6, 6.07) is 10.7. The van der Waals surface area contributed by atoms with E-state index in [1.807, 2.05) is 30.3 Å². The van der Waals surface area contributed by atoms with Gasteiger partial charge in [0.05, 0.1) is 6.54 Å². The summed E-state index contributed by atoms with van der Waals surface area (Å²) in [6.07, 6.45) is 1.28. The average Bonchev–Trinajstić information content (AvgIpc) is 3.28. The molecule has 6 heteroatoms. The normalized spacial score (nSPS) is 23.4. The largest absolute Gasteiger partial charge is 0.334 e. The van der Waals surface area contributed by atoms with Crippen molar-refractivity contribution < 1.29 is 4.52 Å². The summed E-state index contributed by atoms with van der Waals surface area (Å²) < 4.78 is 5.39. The van der Waals surface area contributed by atoms with Crippen molar-refractivity contribution in [3.8, 4) is 11.5 Å². The molecule has 3 heterocycles. The number of hydrogen-bond acceptors (Lipinski definition) is 6. The molecule has 0 spiro atoms. The first kappa shape index (κ1) is 14.8. The summed E-state index contributed by atoms with van der Waals surface area (Å²) in [6.45, 7) is 7.50. The van der Waals surface area contributed by atoms with Gasteiger partial charge in [0.2, 0.25) is 0 Å². The van der Waals surface area contributed by atoms with Gasteiger partial charge in [-0.1, -0.05) is 23.4 Å². The average molecular weight is 313 g/mol. The molecule has 2 aromatic rings. The van der Waals surface area contributed by atoms with E-state index in [-0.39, 0.29) is 0 Å². The van der Waals surface area contributed by atoms with Crippen molar-refractivity contribution in [2.24, 2.45) is 0 Å². The number of benzene rings is 1. The summed E-state index contributed by atoms with van der Waals surface area (Å²) in [5, 5.41) is 7.58. The highest BCUT2D eigenvalue weighted by Crippen LogP contribution is 2.17. The fourth-order valence-electron chi connectivity index (χ4n) is 3.45. The van der Waals surface area contributed by atoms with E-state index in [1.54, 1.807) is 0 Å². The van der Waals surface area contributed by atoms with Gasteiger partial charge >= 0.3 is 0 Å². The molecular formula is C17H23N5O. The lowest BCUT2D eigenvalue weighted by Crippen LogP contribution is -2.50. The van der Waals surface area contributed by atoms with Crippen LogP contribution < -0.4 is 5.32 Å². The number of hydrogen-bond donors (Lipinski definition) is 1. The molecule has 2 saturated heterocycles. The van der Waals surface area contributed by atoms with E-state index in [0.29, 0.717) is 5.89 Å². The number of rotatable bonds is 4. The Morgan fingerprint density at radius 3 is 2.70 bits per heavy atom. The molecule has 0 bridgehead atoms. The van der Waals surface area contributed by atoms with Crippen LogP contribution in [-0.4, -0.2) is 65.3 Å². The van der Waals surface area contributed by atoms with E-state index in [0.717, 1.165) is 63.2 Å². The minimum Gasteiger partial charge on any atom is -0.334 e. The van der Waals surface area contributed by atoms with Gasteiger partial charge in [-0.3, -0.25) is 9.80 Å². The zero-order chi connectivity index (χ0) is 15.5. The van der Waals surface area contributed by atoms with Crippen LogP contribution in [0.4, 0.5) is 0 Å². The molecule has 0 radical (unpaired) electrons. The van der Waals surface area contributed by atoms with Gasteiger partial charge < -0.3 is 9.84 Å². The van der Waals surface area contributed by atoms with E-state index in [1.165, 1.54) is 6.42 Å². The fraction of sp³-hybridized carbons (Fsp3) is 0.529. The third-order valence-electron chi connectivity index (χ3n) is 4.81. The quantitative estimate of drug-likeness (QED) is 0.916. The molecule has 23 heavy (non-hydrogen) atoms. The molecule has 4 rings (SSSR count). The first-order chi connectivity index (χ1) is 11.4. The van der Waals surface area contributed by atoms with Crippen molar-refractivity contribution >= 4 is 0 Å². The molecule has 1 aromatic carbocycles.